The van der Waals surface area contributed by atoms with Crippen LogP contribution in [0.15, 0.2) is 0 Å². The van der Waals surface area contributed by atoms with E-state index < -0.39 is 9.28 Å². The van der Waals surface area contributed by atoms with E-state index in [0.717, 1.165) is 0 Å². The summed E-state index contributed by atoms with van der Waals surface area (Å²) in [6, 6.07) is 0. The largest absolute Gasteiger partial charge is 0.400 e. The van der Waals surface area contributed by atoms with E-state index in [1.807, 2.05) is 20.4 Å². The van der Waals surface area contributed by atoms with Gasteiger partial charge in [0.05, 0.1) is 0 Å². The smallest absolute Gasteiger partial charge is 0.317 e. The Morgan fingerprint density at radius 3 is 1.25 bits per heavy atom. The summed E-state index contributed by atoms with van der Waals surface area (Å²) in [4.78, 5) is 0. The van der Waals surface area contributed by atoms with Crippen molar-refractivity contribution in [1.82, 2.24) is 0 Å². The first-order chi connectivity index (χ1) is 3.81. The fraction of sp³-hybridized carbons (Fsp3) is 1.00. The Bertz CT molecular complexity index is 29.6. The van der Waals surface area contributed by atoms with E-state index in [-0.39, 0.29) is 0 Å². The van der Waals surface area contributed by atoms with Gasteiger partial charge in [-0.25, -0.2) is 0 Å². The lowest BCUT2D eigenvalue weighted by atomic mass is 11.0. The lowest BCUT2D eigenvalue weighted by Gasteiger charge is -2.00. The van der Waals surface area contributed by atoms with Gasteiger partial charge in [-0.15, -0.1) is 0 Å². The molecule has 0 amide bonds. The third-order valence-corrected chi connectivity index (χ3v) is 1.99. The van der Waals surface area contributed by atoms with E-state index in [1.54, 1.807) is 14.2 Å². The molecule has 0 N–H and O–H groups in total. The van der Waals surface area contributed by atoms with Crippen molar-refractivity contribution in [2.24, 2.45) is 0 Å². The molecule has 0 saturated carbocycles. The summed E-state index contributed by atoms with van der Waals surface area (Å²) >= 11 is 0. The maximum atomic E-state index is 4.82. The number of hydrogen-bond acceptors (Lipinski definition) is 2. The summed E-state index contributed by atoms with van der Waals surface area (Å²) in [5.74, 6) is 0. The highest BCUT2D eigenvalue weighted by molar-refractivity contribution is 6.42. The van der Waals surface area contributed by atoms with Gasteiger partial charge in [0.25, 0.3) is 0 Å². The average Bonchev–Trinajstić information content (AvgIpc) is 1.91. The highest BCUT2D eigenvalue weighted by Gasteiger charge is 1.94. The molecule has 0 saturated heterocycles. The van der Waals surface area contributed by atoms with Crippen LogP contribution in [0, 0.1) is 0 Å². The average molecular weight is 136 g/mol. The predicted molar refractivity (Wildman–Crippen MR) is 38.4 cm³/mol. The molecule has 0 aromatic carbocycles. The van der Waals surface area contributed by atoms with Crippen molar-refractivity contribution in [3.05, 3.63) is 0 Å². The quantitative estimate of drug-likeness (QED) is 0.530. The van der Waals surface area contributed by atoms with Crippen LogP contribution in [0.25, 0.3) is 0 Å². The zero-order valence-electron chi connectivity index (χ0n) is 6.39. The first kappa shape index (κ1) is 11.0. The Morgan fingerprint density at radius 2 is 1.25 bits per heavy atom. The Hall–Kier alpha value is 0.137. The van der Waals surface area contributed by atoms with Crippen LogP contribution in [0.5, 0.6) is 0 Å². The molecule has 0 radical (unpaired) electrons. The molecule has 52 valence electrons. The third kappa shape index (κ3) is 9.46. The molecule has 0 aromatic rings. The zero-order chi connectivity index (χ0) is 6.99. The lowest BCUT2D eigenvalue weighted by Crippen LogP contribution is -2.12. The maximum Gasteiger partial charge on any atom is 0.317 e. The molecule has 0 aliphatic heterocycles. The van der Waals surface area contributed by atoms with Crippen LogP contribution in [0.3, 0.4) is 0 Å². The predicted octanol–water partition coefficient (Wildman–Crippen LogP) is 1.16. The van der Waals surface area contributed by atoms with Gasteiger partial charge in [-0.05, 0) is 6.55 Å². The summed E-state index contributed by atoms with van der Waals surface area (Å²) in [6.45, 7) is 5.97. The molecule has 0 aromatic heterocycles. The SMILES string of the molecule is CC.CO[SiH](C)OC. The number of rotatable bonds is 2. The molecule has 0 fully saturated rings. The lowest BCUT2D eigenvalue weighted by molar-refractivity contribution is 0.285. The molecule has 0 rings (SSSR count). The molecule has 3 heteroatoms. The van der Waals surface area contributed by atoms with Crippen molar-refractivity contribution in [2.75, 3.05) is 14.2 Å². The molecule has 2 nitrogen and oxygen atoms in total. The Labute approximate surface area is 53.7 Å². The van der Waals surface area contributed by atoms with Crippen LogP contribution in [0.4, 0.5) is 0 Å². The molecule has 8 heavy (non-hydrogen) atoms. The number of hydrogen-bond donors (Lipinski definition) is 0. The minimum Gasteiger partial charge on any atom is -0.400 e. The van der Waals surface area contributed by atoms with Crippen LogP contribution in [-0.4, -0.2) is 23.5 Å². The van der Waals surface area contributed by atoms with E-state index in [0.29, 0.717) is 0 Å². The molecule has 0 atom stereocenters. The maximum absolute atomic E-state index is 4.82. The monoisotopic (exact) mass is 136 g/mol. The summed E-state index contributed by atoms with van der Waals surface area (Å²) in [5.41, 5.74) is 0. The summed E-state index contributed by atoms with van der Waals surface area (Å²) < 4.78 is 9.63. The fourth-order valence-electron chi connectivity index (χ4n) is 0.0962. The zero-order valence-corrected chi connectivity index (χ0v) is 7.55. The van der Waals surface area contributed by atoms with Crippen molar-refractivity contribution >= 4 is 9.28 Å². The van der Waals surface area contributed by atoms with Gasteiger partial charge in [-0.2, -0.15) is 0 Å². The van der Waals surface area contributed by atoms with Crippen molar-refractivity contribution in [3.63, 3.8) is 0 Å². The summed E-state index contributed by atoms with van der Waals surface area (Å²) in [5, 5.41) is 0. The van der Waals surface area contributed by atoms with Gasteiger partial charge < -0.3 is 8.85 Å². The van der Waals surface area contributed by atoms with Crippen LogP contribution in [0.1, 0.15) is 13.8 Å². The van der Waals surface area contributed by atoms with Gasteiger partial charge in [0, 0.05) is 14.2 Å². The molecule has 0 aliphatic rings. The molecule has 0 aliphatic carbocycles. The van der Waals surface area contributed by atoms with Crippen LogP contribution >= 0.6 is 0 Å². The van der Waals surface area contributed by atoms with Gasteiger partial charge in [-0.1, -0.05) is 13.8 Å². The van der Waals surface area contributed by atoms with Gasteiger partial charge in [0.2, 0.25) is 0 Å². The molecule has 0 bridgehead atoms. The molecule has 0 unspecified atom stereocenters. The molecular weight excluding hydrogens is 120 g/mol. The fourth-order valence-corrected chi connectivity index (χ4v) is 0.289. The van der Waals surface area contributed by atoms with Crippen molar-refractivity contribution in [2.45, 2.75) is 20.4 Å². The Kier molecular flexibility index (Phi) is 14.0. The standard InChI is InChI=1S/C3H10O2Si.C2H6/c1-4-6(3)5-2;1-2/h6H,1-3H3;1-2H3. The van der Waals surface area contributed by atoms with Crippen molar-refractivity contribution < 1.29 is 8.85 Å². The topological polar surface area (TPSA) is 18.5 Å². The minimum atomic E-state index is -1.16. The van der Waals surface area contributed by atoms with Gasteiger partial charge in [0.1, 0.15) is 0 Å². The van der Waals surface area contributed by atoms with Crippen LogP contribution in [-0.2, 0) is 8.85 Å². The first-order valence-corrected chi connectivity index (χ1v) is 4.96. The van der Waals surface area contributed by atoms with E-state index in [2.05, 4.69) is 0 Å². The highest BCUT2D eigenvalue weighted by Crippen LogP contribution is 1.77. The second-order valence-corrected chi connectivity index (χ2v) is 3.12. The van der Waals surface area contributed by atoms with Crippen LogP contribution in [0.2, 0.25) is 6.55 Å². The summed E-state index contributed by atoms with van der Waals surface area (Å²) in [7, 11) is 2.17. The van der Waals surface area contributed by atoms with Gasteiger partial charge in [0.15, 0.2) is 0 Å². The van der Waals surface area contributed by atoms with Crippen molar-refractivity contribution in [3.8, 4) is 0 Å². The highest BCUT2D eigenvalue weighted by atomic mass is 28.3. The second kappa shape index (κ2) is 10.2. The van der Waals surface area contributed by atoms with E-state index in [1.165, 1.54) is 0 Å². The van der Waals surface area contributed by atoms with Crippen molar-refractivity contribution in [1.29, 1.82) is 0 Å². The molecule has 0 spiro atoms. The van der Waals surface area contributed by atoms with E-state index >= 15 is 0 Å². The van der Waals surface area contributed by atoms with Crippen LogP contribution < -0.4 is 0 Å². The third-order valence-electron chi connectivity index (χ3n) is 0.664. The Balaban J connectivity index is 0. The van der Waals surface area contributed by atoms with E-state index in [9.17, 15) is 0 Å². The van der Waals surface area contributed by atoms with Gasteiger partial charge in [-0.3, -0.25) is 0 Å². The Morgan fingerprint density at radius 1 is 1.00 bits per heavy atom. The molecular formula is C5H16O2Si. The second-order valence-electron chi connectivity index (χ2n) is 1.04. The van der Waals surface area contributed by atoms with E-state index in [4.69, 9.17) is 8.85 Å². The normalized spacial score (nSPS) is 8.25. The van der Waals surface area contributed by atoms with Gasteiger partial charge >= 0.3 is 9.28 Å². The minimum absolute atomic E-state index is 1.16. The molecule has 0 heterocycles. The first-order valence-electron chi connectivity index (χ1n) is 2.87. The summed E-state index contributed by atoms with van der Waals surface area (Å²) in [6.07, 6.45) is 0.